The Labute approximate surface area is 146 Å². The van der Waals surface area contributed by atoms with Crippen molar-refractivity contribution in [3.63, 3.8) is 0 Å². The van der Waals surface area contributed by atoms with Crippen LogP contribution in [0.25, 0.3) is 0 Å². The number of rotatable bonds is 5. The Morgan fingerprint density at radius 2 is 1.84 bits per heavy atom. The molecule has 0 unspecified atom stereocenters. The highest BCUT2D eigenvalue weighted by atomic mass is 16.2. The van der Waals surface area contributed by atoms with Crippen LogP contribution >= 0.6 is 0 Å². The van der Waals surface area contributed by atoms with E-state index in [1.807, 2.05) is 0 Å². The second-order valence-corrected chi connectivity index (χ2v) is 6.46. The maximum Gasteiger partial charge on any atom is 0.272 e. The number of carbonyl (C=O) groups excluding carboxylic acids is 3. The minimum absolute atomic E-state index is 0.0796. The number of nitrogens with one attached hydrogen (secondary N) is 3. The number of anilines is 1. The van der Waals surface area contributed by atoms with Crippen molar-refractivity contribution in [3.05, 3.63) is 52.3 Å². The number of hydrogen-bond acceptors (Lipinski definition) is 3. The van der Waals surface area contributed by atoms with Crippen molar-refractivity contribution >= 4 is 23.3 Å². The molecule has 1 aliphatic carbocycles. The predicted molar refractivity (Wildman–Crippen MR) is 95.2 cm³/mol. The van der Waals surface area contributed by atoms with Crippen molar-refractivity contribution < 1.29 is 14.4 Å². The van der Waals surface area contributed by atoms with E-state index in [0.29, 0.717) is 33.8 Å². The molecule has 1 aromatic carbocycles. The van der Waals surface area contributed by atoms with Crippen LogP contribution in [0.5, 0.6) is 0 Å². The number of hydrogen-bond donors (Lipinski definition) is 3. The topological polar surface area (TPSA) is 91.1 Å². The second kappa shape index (κ2) is 6.55. The number of ketones is 1. The average Bonchev–Trinajstić information content (AvgIpc) is 3.30. The summed E-state index contributed by atoms with van der Waals surface area (Å²) >= 11 is 0. The second-order valence-electron chi connectivity index (χ2n) is 6.46. The molecule has 130 valence electrons. The molecule has 1 heterocycles. The van der Waals surface area contributed by atoms with Crippen LogP contribution in [-0.2, 0) is 0 Å². The predicted octanol–water partition coefficient (Wildman–Crippen LogP) is 2.98. The summed E-state index contributed by atoms with van der Waals surface area (Å²) < 4.78 is 0. The van der Waals surface area contributed by atoms with Crippen molar-refractivity contribution in [1.29, 1.82) is 0 Å². The molecule has 0 bridgehead atoms. The van der Waals surface area contributed by atoms with Gasteiger partial charge in [-0.2, -0.15) is 0 Å². The van der Waals surface area contributed by atoms with E-state index >= 15 is 0 Å². The maximum absolute atomic E-state index is 12.5. The van der Waals surface area contributed by atoms with E-state index < -0.39 is 0 Å². The molecule has 0 saturated heterocycles. The fourth-order valence-electron chi connectivity index (χ4n) is 2.93. The van der Waals surface area contributed by atoms with Crippen LogP contribution in [0, 0.1) is 13.8 Å². The van der Waals surface area contributed by atoms with Gasteiger partial charge in [0.15, 0.2) is 5.78 Å². The first-order chi connectivity index (χ1) is 11.9. The number of amides is 2. The summed E-state index contributed by atoms with van der Waals surface area (Å²) in [6.45, 7) is 4.99. The zero-order valence-corrected chi connectivity index (χ0v) is 14.5. The lowest BCUT2D eigenvalue weighted by Crippen LogP contribution is -2.25. The van der Waals surface area contributed by atoms with Crippen molar-refractivity contribution in [1.82, 2.24) is 10.3 Å². The zero-order valence-electron chi connectivity index (χ0n) is 14.5. The van der Waals surface area contributed by atoms with E-state index in [2.05, 4.69) is 15.6 Å². The molecule has 0 spiro atoms. The molecular formula is C19H21N3O3. The normalized spacial score (nSPS) is 13.4. The minimum Gasteiger partial charge on any atom is -0.354 e. The summed E-state index contributed by atoms with van der Waals surface area (Å²) in [5.74, 6) is -0.554. The van der Waals surface area contributed by atoms with E-state index in [4.69, 9.17) is 0 Å². The number of carbonyl (C=O) groups is 3. The van der Waals surface area contributed by atoms with E-state index in [1.54, 1.807) is 38.1 Å². The summed E-state index contributed by atoms with van der Waals surface area (Å²) in [5.41, 5.74) is 3.24. The van der Waals surface area contributed by atoms with Gasteiger partial charge in [-0.1, -0.05) is 6.07 Å². The van der Waals surface area contributed by atoms with Crippen molar-refractivity contribution in [2.45, 2.75) is 39.7 Å². The minimum atomic E-state index is -0.340. The van der Waals surface area contributed by atoms with Crippen LogP contribution in [0.15, 0.2) is 24.3 Å². The van der Waals surface area contributed by atoms with Crippen LogP contribution in [0.1, 0.15) is 62.2 Å². The fraction of sp³-hybridized carbons (Fsp3) is 0.316. The SMILES string of the molecule is CC(=O)c1c(C)[nH]c(C(=O)Nc2cccc(C(=O)NC3CC3)c2)c1C. The maximum atomic E-state index is 12.5. The molecule has 1 aromatic heterocycles. The van der Waals surface area contributed by atoms with Gasteiger partial charge in [0.2, 0.25) is 0 Å². The Bertz CT molecular complexity index is 863. The molecule has 0 atom stereocenters. The van der Waals surface area contributed by atoms with Gasteiger partial charge in [0.1, 0.15) is 5.69 Å². The smallest absolute Gasteiger partial charge is 0.272 e. The van der Waals surface area contributed by atoms with Gasteiger partial charge in [0.25, 0.3) is 11.8 Å². The van der Waals surface area contributed by atoms with Crippen LogP contribution in [0.3, 0.4) is 0 Å². The first kappa shape index (κ1) is 17.0. The number of H-pyrrole nitrogens is 1. The van der Waals surface area contributed by atoms with Crippen molar-refractivity contribution in [3.8, 4) is 0 Å². The highest BCUT2D eigenvalue weighted by Crippen LogP contribution is 2.21. The number of benzene rings is 1. The lowest BCUT2D eigenvalue weighted by Gasteiger charge is -2.08. The number of aromatic amines is 1. The molecule has 1 saturated carbocycles. The summed E-state index contributed by atoms with van der Waals surface area (Å²) in [6, 6.07) is 7.09. The lowest BCUT2D eigenvalue weighted by molar-refractivity contribution is 0.0948. The fourth-order valence-corrected chi connectivity index (χ4v) is 2.93. The molecule has 1 aliphatic rings. The van der Waals surface area contributed by atoms with Crippen LogP contribution < -0.4 is 10.6 Å². The van der Waals surface area contributed by atoms with Gasteiger partial charge in [-0.3, -0.25) is 14.4 Å². The molecule has 0 aliphatic heterocycles. The molecule has 6 heteroatoms. The summed E-state index contributed by atoms with van der Waals surface area (Å²) in [5, 5.41) is 5.70. The molecule has 1 fully saturated rings. The summed E-state index contributed by atoms with van der Waals surface area (Å²) in [6.07, 6.45) is 2.04. The third kappa shape index (κ3) is 3.63. The van der Waals surface area contributed by atoms with Crippen molar-refractivity contribution in [2.75, 3.05) is 5.32 Å². The molecule has 2 aromatic rings. The number of Topliss-reactive ketones (excluding diaryl/α,β-unsaturated/α-hetero) is 1. The van der Waals surface area contributed by atoms with Crippen LogP contribution in [0.2, 0.25) is 0 Å². The Kier molecular flexibility index (Phi) is 4.44. The number of aryl methyl sites for hydroxylation is 1. The van der Waals surface area contributed by atoms with Gasteiger partial charge in [-0.15, -0.1) is 0 Å². The van der Waals surface area contributed by atoms with E-state index in [-0.39, 0.29) is 23.6 Å². The van der Waals surface area contributed by atoms with Crippen LogP contribution in [-0.4, -0.2) is 28.6 Å². The monoisotopic (exact) mass is 339 g/mol. The zero-order chi connectivity index (χ0) is 18.1. The number of aromatic nitrogens is 1. The van der Waals surface area contributed by atoms with E-state index in [0.717, 1.165) is 12.8 Å². The molecule has 3 N–H and O–H groups in total. The molecule has 25 heavy (non-hydrogen) atoms. The molecule has 0 radical (unpaired) electrons. The average molecular weight is 339 g/mol. The summed E-state index contributed by atoms with van der Waals surface area (Å²) in [7, 11) is 0. The first-order valence-electron chi connectivity index (χ1n) is 8.29. The molecule has 2 amide bonds. The van der Waals surface area contributed by atoms with Gasteiger partial charge in [0.05, 0.1) is 0 Å². The Morgan fingerprint density at radius 3 is 2.44 bits per heavy atom. The first-order valence-corrected chi connectivity index (χ1v) is 8.29. The quantitative estimate of drug-likeness (QED) is 0.731. The Morgan fingerprint density at radius 1 is 1.12 bits per heavy atom. The molecule has 6 nitrogen and oxygen atoms in total. The van der Waals surface area contributed by atoms with Gasteiger partial charge in [-0.25, -0.2) is 0 Å². The standard InChI is InChI=1S/C19H21N3O3/c1-10-16(12(3)23)11(2)20-17(10)19(25)22-15-6-4-5-13(9-15)18(24)21-14-7-8-14/h4-6,9,14,20H,7-8H2,1-3H3,(H,21,24)(H,22,25). The third-order valence-electron chi connectivity index (χ3n) is 4.31. The Balaban J connectivity index is 1.78. The molecule has 3 rings (SSSR count). The van der Waals surface area contributed by atoms with Gasteiger partial charge in [-0.05, 0) is 57.4 Å². The highest BCUT2D eigenvalue weighted by Gasteiger charge is 2.24. The highest BCUT2D eigenvalue weighted by molar-refractivity contribution is 6.08. The van der Waals surface area contributed by atoms with Crippen LogP contribution in [0.4, 0.5) is 5.69 Å². The Hall–Kier alpha value is -2.89. The van der Waals surface area contributed by atoms with Crippen molar-refractivity contribution in [2.24, 2.45) is 0 Å². The van der Waals surface area contributed by atoms with E-state index in [9.17, 15) is 14.4 Å². The van der Waals surface area contributed by atoms with Gasteiger partial charge in [0, 0.05) is 28.6 Å². The van der Waals surface area contributed by atoms with Gasteiger partial charge >= 0.3 is 0 Å². The lowest BCUT2D eigenvalue weighted by atomic mass is 10.1. The van der Waals surface area contributed by atoms with Gasteiger partial charge < -0.3 is 15.6 Å². The molecular weight excluding hydrogens is 318 g/mol. The van der Waals surface area contributed by atoms with E-state index in [1.165, 1.54) is 6.92 Å². The largest absolute Gasteiger partial charge is 0.354 e. The third-order valence-corrected chi connectivity index (χ3v) is 4.31. The summed E-state index contributed by atoms with van der Waals surface area (Å²) in [4.78, 5) is 39.3.